The van der Waals surface area contributed by atoms with Crippen LogP contribution >= 0.6 is 11.6 Å². The Morgan fingerprint density at radius 1 is 1.79 bits per heavy atom. The summed E-state index contributed by atoms with van der Waals surface area (Å²) in [6, 6.07) is 0.902. The predicted octanol–water partition coefficient (Wildman–Crippen LogP) is 1.10. The van der Waals surface area contributed by atoms with E-state index in [0.717, 1.165) is 26.2 Å². The second kappa shape index (κ2) is 6.40. The predicted molar refractivity (Wildman–Crippen MR) is 59.7 cm³/mol. The summed E-state index contributed by atoms with van der Waals surface area (Å²) in [5, 5.41) is 7.38. The van der Waals surface area contributed by atoms with E-state index in [1.165, 1.54) is 0 Å². The van der Waals surface area contributed by atoms with E-state index in [1.807, 2.05) is 0 Å². The summed E-state index contributed by atoms with van der Waals surface area (Å²) in [5.41, 5.74) is 0. The summed E-state index contributed by atoms with van der Waals surface area (Å²) in [6.45, 7) is 9.06. The van der Waals surface area contributed by atoms with Gasteiger partial charge in [0.25, 0.3) is 0 Å². The highest BCUT2D eigenvalue weighted by Gasteiger charge is 2.15. The van der Waals surface area contributed by atoms with Crippen LogP contribution in [0.5, 0.6) is 0 Å². The Bertz CT molecular complexity index is 181. The van der Waals surface area contributed by atoms with Crippen molar-refractivity contribution in [2.75, 3.05) is 26.3 Å². The van der Waals surface area contributed by atoms with Crippen molar-refractivity contribution in [3.63, 3.8) is 0 Å². The van der Waals surface area contributed by atoms with E-state index in [2.05, 4.69) is 24.1 Å². The highest BCUT2D eigenvalue weighted by Crippen LogP contribution is 2.03. The van der Waals surface area contributed by atoms with E-state index in [4.69, 9.17) is 16.3 Å². The van der Waals surface area contributed by atoms with Crippen molar-refractivity contribution in [2.24, 2.45) is 0 Å². The largest absolute Gasteiger partial charge is 0.379 e. The van der Waals surface area contributed by atoms with Gasteiger partial charge in [-0.15, -0.1) is 0 Å². The van der Waals surface area contributed by atoms with Crippen LogP contribution in [-0.4, -0.2) is 38.4 Å². The van der Waals surface area contributed by atoms with Crippen molar-refractivity contribution in [1.29, 1.82) is 0 Å². The highest BCUT2D eigenvalue weighted by molar-refractivity contribution is 6.29. The number of rotatable bonds is 5. The molecule has 82 valence electrons. The van der Waals surface area contributed by atoms with Gasteiger partial charge in [-0.3, -0.25) is 0 Å². The molecule has 14 heavy (non-hydrogen) atoms. The van der Waals surface area contributed by atoms with Gasteiger partial charge in [0.1, 0.15) is 0 Å². The summed E-state index contributed by atoms with van der Waals surface area (Å²) in [7, 11) is 0. The minimum absolute atomic E-state index is 0.435. The van der Waals surface area contributed by atoms with Gasteiger partial charge in [-0.1, -0.05) is 18.2 Å². The summed E-state index contributed by atoms with van der Waals surface area (Å²) >= 11 is 5.67. The van der Waals surface area contributed by atoms with Gasteiger partial charge in [0.2, 0.25) is 0 Å². The highest BCUT2D eigenvalue weighted by atomic mass is 35.5. The fourth-order valence-corrected chi connectivity index (χ4v) is 1.64. The van der Waals surface area contributed by atoms with E-state index < -0.39 is 0 Å². The maximum absolute atomic E-state index is 5.67. The molecule has 1 fully saturated rings. The average molecular weight is 219 g/mol. The van der Waals surface area contributed by atoms with Gasteiger partial charge >= 0.3 is 0 Å². The van der Waals surface area contributed by atoms with Crippen LogP contribution in [0.25, 0.3) is 0 Å². The van der Waals surface area contributed by atoms with E-state index in [-0.39, 0.29) is 0 Å². The van der Waals surface area contributed by atoms with Crippen LogP contribution < -0.4 is 10.6 Å². The van der Waals surface area contributed by atoms with Crippen LogP contribution in [0.2, 0.25) is 0 Å². The first kappa shape index (κ1) is 12.0. The molecule has 1 aliphatic heterocycles. The average Bonchev–Trinajstić information content (AvgIpc) is 2.16. The van der Waals surface area contributed by atoms with Crippen molar-refractivity contribution in [1.82, 2.24) is 10.6 Å². The van der Waals surface area contributed by atoms with Crippen LogP contribution in [0.4, 0.5) is 0 Å². The molecule has 1 aliphatic rings. The first-order valence-electron chi connectivity index (χ1n) is 5.06. The van der Waals surface area contributed by atoms with Crippen LogP contribution in [-0.2, 0) is 4.74 Å². The normalized spacial score (nSPS) is 24.6. The molecule has 1 rings (SSSR count). The molecule has 0 bridgehead atoms. The van der Waals surface area contributed by atoms with E-state index in [1.54, 1.807) is 0 Å². The fraction of sp³-hybridized carbons (Fsp3) is 0.800. The zero-order valence-electron chi connectivity index (χ0n) is 8.68. The number of halogens is 1. The van der Waals surface area contributed by atoms with Gasteiger partial charge in [0, 0.05) is 30.2 Å². The summed E-state index contributed by atoms with van der Waals surface area (Å²) in [6.07, 6.45) is 1.06. The Morgan fingerprint density at radius 3 is 3.14 bits per heavy atom. The van der Waals surface area contributed by atoms with Gasteiger partial charge in [0.15, 0.2) is 0 Å². The van der Waals surface area contributed by atoms with Crippen molar-refractivity contribution in [3.05, 3.63) is 11.6 Å². The molecule has 4 heteroatoms. The molecule has 0 aromatic heterocycles. The van der Waals surface area contributed by atoms with Gasteiger partial charge < -0.3 is 15.4 Å². The third-order valence-corrected chi connectivity index (χ3v) is 2.41. The molecular formula is C10H19ClN2O. The van der Waals surface area contributed by atoms with Gasteiger partial charge in [-0.05, 0) is 13.3 Å². The molecule has 1 saturated heterocycles. The first-order valence-corrected chi connectivity index (χ1v) is 5.44. The third-order valence-electron chi connectivity index (χ3n) is 2.28. The zero-order chi connectivity index (χ0) is 10.4. The molecule has 0 amide bonds. The van der Waals surface area contributed by atoms with Gasteiger partial charge in [-0.2, -0.15) is 0 Å². The number of hydrogen-bond acceptors (Lipinski definition) is 3. The Kier molecular flexibility index (Phi) is 5.48. The molecule has 0 aliphatic carbocycles. The van der Waals surface area contributed by atoms with Crippen LogP contribution in [0.1, 0.15) is 13.3 Å². The monoisotopic (exact) mass is 218 g/mol. The first-order chi connectivity index (χ1) is 6.68. The summed E-state index contributed by atoms with van der Waals surface area (Å²) < 4.78 is 5.37. The number of ether oxygens (including phenoxy) is 1. The van der Waals surface area contributed by atoms with E-state index in [9.17, 15) is 0 Å². The lowest BCUT2D eigenvalue weighted by molar-refractivity contribution is 0.0714. The lowest BCUT2D eigenvalue weighted by atomic mass is 10.1. The lowest BCUT2D eigenvalue weighted by Gasteiger charge is -2.26. The molecule has 1 heterocycles. The molecule has 2 N–H and O–H groups in total. The van der Waals surface area contributed by atoms with Gasteiger partial charge in [-0.25, -0.2) is 0 Å². The van der Waals surface area contributed by atoms with Crippen LogP contribution in [0, 0.1) is 0 Å². The maximum Gasteiger partial charge on any atom is 0.0620 e. The molecule has 0 radical (unpaired) electrons. The van der Waals surface area contributed by atoms with E-state index in [0.29, 0.717) is 23.7 Å². The smallest absolute Gasteiger partial charge is 0.0620 e. The molecule has 0 spiro atoms. The third kappa shape index (κ3) is 4.96. The van der Waals surface area contributed by atoms with Gasteiger partial charge in [0.05, 0.1) is 13.2 Å². The van der Waals surface area contributed by atoms with Crippen LogP contribution in [0.3, 0.4) is 0 Å². The second-order valence-electron chi connectivity index (χ2n) is 3.76. The van der Waals surface area contributed by atoms with E-state index >= 15 is 0 Å². The maximum atomic E-state index is 5.67. The molecular weight excluding hydrogens is 200 g/mol. The Labute approximate surface area is 90.8 Å². The molecule has 0 aromatic carbocycles. The quantitative estimate of drug-likeness (QED) is 0.725. The SMILES string of the molecule is C=C(Cl)CNC(C)CC1COCCN1. The number of hydrogen-bond donors (Lipinski definition) is 2. The molecule has 3 nitrogen and oxygen atoms in total. The summed E-state index contributed by atoms with van der Waals surface area (Å²) in [5.74, 6) is 0. The molecule has 2 unspecified atom stereocenters. The van der Waals surface area contributed by atoms with Crippen LogP contribution in [0.15, 0.2) is 11.6 Å². The second-order valence-corrected chi connectivity index (χ2v) is 4.30. The Morgan fingerprint density at radius 2 is 2.57 bits per heavy atom. The minimum atomic E-state index is 0.435. The van der Waals surface area contributed by atoms with Crippen molar-refractivity contribution < 1.29 is 4.74 Å². The Balaban J connectivity index is 2.11. The summed E-state index contributed by atoms with van der Waals surface area (Å²) in [4.78, 5) is 0. The van der Waals surface area contributed by atoms with Crippen molar-refractivity contribution in [3.8, 4) is 0 Å². The molecule has 0 saturated carbocycles. The molecule has 2 atom stereocenters. The Hall–Kier alpha value is -0.0900. The van der Waals surface area contributed by atoms with Crippen molar-refractivity contribution in [2.45, 2.75) is 25.4 Å². The lowest BCUT2D eigenvalue weighted by Crippen LogP contribution is -2.45. The number of nitrogens with one attached hydrogen (secondary N) is 2. The molecule has 0 aromatic rings. The topological polar surface area (TPSA) is 33.3 Å². The minimum Gasteiger partial charge on any atom is -0.379 e. The van der Waals surface area contributed by atoms with Crippen molar-refractivity contribution >= 4 is 11.6 Å². The zero-order valence-corrected chi connectivity index (χ0v) is 9.44. The fourth-order valence-electron chi connectivity index (χ4n) is 1.57. The standard InChI is InChI=1S/C10H19ClN2O/c1-8(11)6-13-9(2)5-10-7-14-4-3-12-10/h9-10,12-13H,1,3-7H2,2H3. The number of morpholine rings is 1.